The SMILES string of the molecule is N#CC(C(=O)CCl)=C1NC(=O)c2ccccc2N1. The largest absolute Gasteiger partial charge is 0.340 e. The predicted octanol–water partition coefficient (Wildman–Crippen LogP) is 1.38. The Hall–Kier alpha value is -2.32. The molecule has 2 N–H and O–H groups in total. The number of hydrogen-bond acceptors (Lipinski definition) is 4. The van der Waals surface area contributed by atoms with Crippen molar-refractivity contribution in [1.29, 1.82) is 5.26 Å². The Morgan fingerprint density at radius 3 is 2.72 bits per heavy atom. The van der Waals surface area contributed by atoms with E-state index in [0.717, 1.165) is 0 Å². The number of nitriles is 1. The molecule has 1 amide bonds. The van der Waals surface area contributed by atoms with Gasteiger partial charge in [0.2, 0.25) is 0 Å². The third-order valence-electron chi connectivity index (χ3n) is 2.43. The number of Topliss-reactive ketones (excluding diaryl/α,β-unsaturated/α-hetero) is 1. The number of nitrogens with one attached hydrogen (secondary N) is 2. The number of ketones is 1. The average Bonchev–Trinajstić information content (AvgIpc) is 2.39. The number of allylic oxidation sites excluding steroid dienone is 1. The van der Waals surface area contributed by atoms with E-state index in [2.05, 4.69) is 10.6 Å². The van der Waals surface area contributed by atoms with Gasteiger partial charge in [0.15, 0.2) is 5.78 Å². The summed E-state index contributed by atoms with van der Waals surface area (Å²) >= 11 is 5.41. The molecule has 0 spiro atoms. The molecule has 1 aromatic carbocycles. The minimum absolute atomic E-state index is 0.0758. The highest BCUT2D eigenvalue weighted by molar-refractivity contribution is 6.31. The zero-order valence-corrected chi connectivity index (χ0v) is 9.91. The van der Waals surface area contributed by atoms with Crippen molar-refractivity contribution in [3.63, 3.8) is 0 Å². The van der Waals surface area contributed by atoms with Gasteiger partial charge in [0.25, 0.3) is 5.91 Å². The molecular formula is C12H8ClN3O2. The maximum absolute atomic E-state index is 11.8. The molecule has 0 saturated carbocycles. The van der Waals surface area contributed by atoms with Crippen LogP contribution in [0.3, 0.4) is 0 Å². The fraction of sp³-hybridized carbons (Fsp3) is 0.0833. The molecule has 1 aliphatic rings. The predicted molar refractivity (Wildman–Crippen MR) is 65.9 cm³/mol. The molecule has 90 valence electrons. The number of alkyl halides is 1. The van der Waals surface area contributed by atoms with Gasteiger partial charge in [-0.05, 0) is 12.1 Å². The van der Waals surface area contributed by atoms with E-state index in [1.54, 1.807) is 30.3 Å². The van der Waals surface area contributed by atoms with Crippen molar-refractivity contribution >= 4 is 29.0 Å². The Labute approximate surface area is 108 Å². The van der Waals surface area contributed by atoms with Crippen molar-refractivity contribution in [3.8, 4) is 6.07 Å². The number of carbonyl (C=O) groups excluding carboxylic acids is 2. The number of halogens is 1. The fourth-order valence-electron chi connectivity index (χ4n) is 1.59. The Bertz CT molecular complexity index is 602. The fourth-order valence-corrected chi connectivity index (χ4v) is 1.72. The number of fused-ring (bicyclic) bond motifs is 1. The molecule has 0 aliphatic carbocycles. The highest BCUT2D eigenvalue weighted by Crippen LogP contribution is 2.22. The second-order valence-electron chi connectivity index (χ2n) is 3.54. The molecule has 5 nitrogen and oxygen atoms in total. The van der Waals surface area contributed by atoms with Gasteiger partial charge >= 0.3 is 0 Å². The van der Waals surface area contributed by atoms with E-state index in [9.17, 15) is 9.59 Å². The Morgan fingerprint density at radius 2 is 2.06 bits per heavy atom. The standard InChI is InChI=1S/C12H8ClN3O2/c13-5-10(17)8(6-14)11-15-9-4-2-1-3-7(9)12(18)16-11/h1-4,15H,5H2,(H,16,18). The maximum Gasteiger partial charge on any atom is 0.258 e. The summed E-state index contributed by atoms with van der Waals surface area (Å²) in [6.07, 6.45) is 0. The summed E-state index contributed by atoms with van der Waals surface area (Å²) in [5.74, 6) is -1.14. The van der Waals surface area contributed by atoms with Crippen LogP contribution >= 0.6 is 11.6 Å². The molecule has 1 aliphatic heterocycles. The van der Waals surface area contributed by atoms with Crippen LogP contribution < -0.4 is 10.6 Å². The van der Waals surface area contributed by atoms with E-state index in [4.69, 9.17) is 16.9 Å². The number of nitrogens with zero attached hydrogens (tertiary/aromatic N) is 1. The first kappa shape index (κ1) is 12.1. The Kier molecular flexibility index (Phi) is 3.31. The summed E-state index contributed by atoms with van der Waals surface area (Å²) in [6.45, 7) is 0. The molecule has 1 aromatic rings. The van der Waals surface area contributed by atoms with Crippen LogP contribution in [-0.2, 0) is 4.79 Å². The average molecular weight is 262 g/mol. The summed E-state index contributed by atoms with van der Waals surface area (Å²) in [6, 6.07) is 8.55. The van der Waals surface area contributed by atoms with Gasteiger partial charge in [-0.2, -0.15) is 5.26 Å². The molecule has 0 atom stereocenters. The zero-order valence-electron chi connectivity index (χ0n) is 9.16. The number of para-hydroxylation sites is 1. The highest BCUT2D eigenvalue weighted by Gasteiger charge is 2.23. The molecule has 0 unspecified atom stereocenters. The number of benzene rings is 1. The van der Waals surface area contributed by atoms with Crippen LogP contribution in [0, 0.1) is 11.3 Å². The van der Waals surface area contributed by atoms with Crippen LogP contribution in [-0.4, -0.2) is 17.6 Å². The molecular weight excluding hydrogens is 254 g/mol. The topological polar surface area (TPSA) is 82.0 Å². The van der Waals surface area contributed by atoms with Crippen LogP contribution in [0.2, 0.25) is 0 Å². The van der Waals surface area contributed by atoms with Crippen molar-refractivity contribution in [2.75, 3.05) is 11.2 Å². The molecule has 0 saturated heterocycles. The van der Waals surface area contributed by atoms with Crippen molar-refractivity contribution in [2.24, 2.45) is 0 Å². The van der Waals surface area contributed by atoms with Gasteiger partial charge in [0.05, 0.1) is 17.1 Å². The molecule has 0 radical (unpaired) electrons. The molecule has 0 aromatic heterocycles. The minimum Gasteiger partial charge on any atom is -0.340 e. The summed E-state index contributed by atoms with van der Waals surface area (Å²) in [7, 11) is 0. The quantitative estimate of drug-likeness (QED) is 0.479. The van der Waals surface area contributed by atoms with Gasteiger partial charge in [-0.1, -0.05) is 12.1 Å². The van der Waals surface area contributed by atoms with E-state index >= 15 is 0 Å². The van der Waals surface area contributed by atoms with E-state index < -0.39 is 5.78 Å². The smallest absolute Gasteiger partial charge is 0.258 e. The number of carbonyl (C=O) groups is 2. The normalized spacial score (nSPS) is 15.9. The van der Waals surface area contributed by atoms with Crippen molar-refractivity contribution in [2.45, 2.75) is 0 Å². The van der Waals surface area contributed by atoms with Crippen LogP contribution in [0.15, 0.2) is 35.7 Å². The first-order valence-electron chi connectivity index (χ1n) is 5.08. The van der Waals surface area contributed by atoms with Crippen LogP contribution in [0.5, 0.6) is 0 Å². The van der Waals surface area contributed by atoms with Crippen LogP contribution in [0.25, 0.3) is 0 Å². The summed E-state index contributed by atoms with van der Waals surface area (Å²) < 4.78 is 0. The lowest BCUT2D eigenvalue weighted by Gasteiger charge is -2.21. The first-order chi connectivity index (χ1) is 8.67. The van der Waals surface area contributed by atoms with Gasteiger partial charge in [0.1, 0.15) is 17.5 Å². The molecule has 1 heterocycles. The number of anilines is 1. The summed E-state index contributed by atoms with van der Waals surface area (Å²) in [5.41, 5.74) is 0.816. The maximum atomic E-state index is 11.8. The van der Waals surface area contributed by atoms with Crippen molar-refractivity contribution in [3.05, 3.63) is 41.2 Å². The lowest BCUT2D eigenvalue weighted by atomic mass is 10.1. The van der Waals surface area contributed by atoms with Crippen molar-refractivity contribution < 1.29 is 9.59 Å². The van der Waals surface area contributed by atoms with Gasteiger partial charge in [-0.15, -0.1) is 11.6 Å². The lowest BCUT2D eigenvalue weighted by molar-refractivity contribution is -0.113. The van der Waals surface area contributed by atoms with E-state index in [1.807, 2.05) is 0 Å². The number of hydrogen-bond donors (Lipinski definition) is 2. The van der Waals surface area contributed by atoms with E-state index in [1.165, 1.54) is 0 Å². The third kappa shape index (κ3) is 2.06. The van der Waals surface area contributed by atoms with E-state index in [0.29, 0.717) is 11.3 Å². The van der Waals surface area contributed by atoms with Gasteiger partial charge < -0.3 is 10.6 Å². The monoisotopic (exact) mass is 261 g/mol. The Morgan fingerprint density at radius 1 is 1.33 bits per heavy atom. The van der Waals surface area contributed by atoms with Crippen LogP contribution in [0.1, 0.15) is 10.4 Å². The second kappa shape index (κ2) is 4.90. The lowest BCUT2D eigenvalue weighted by Crippen LogP contribution is -2.35. The number of amides is 1. The molecule has 0 fully saturated rings. The number of rotatable bonds is 2. The van der Waals surface area contributed by atoms with Gasteiger partial charge in [-0.25, -0.2) is 0 Å². The van der Waals surface area contributed by atoms with E-state index in [-0.39, 0.29) is 23.2 Å². The molecule has 0 bridgehead atoms. The minimum atomic E-state index is -0.540. The van der Waals surface area contributed by atoms with Crippen molar-refractivity contribution in [1.82, 2.24) is 5.32 Å². The Balaban J connectivity index is 2.48. The van der Waals surface area contributed by atoms with Gasteiger partial charge in [0, 0.05) is 0 Å². The second-order valence-corrected chi connectivity index (χ2v) is 3.81. The third-order valence-corrected chi connectivity index (χ3v) is 2.67. The first-order valence-corrected chi connectivity index (χ1v) is 5.61. The van der Waals surface area contributed by atoms with Gasteiger partial charge in [-0.3, -0.25) is 9.59 Å². The summed E-state index contributed by atoms with van der Waals surface area (Å²) in [4.78, 5) is 23.2. The molecule has 2 rings (SSSR count). The summed E-state index contributed by atoms with van der Waals surface area (Å²) in [5, 5.41) is 14.2. The molecule has 6 heteroatoms. The highest BCUT2D eigenvalue weighted by atomic mass is 35.5. The van der Waals surface area contributed by atoms with Crippen LogP contribution in [0.4, 0.5) is 5.69 Å². The zero-order chi connectivity index (χ0) is 13.1. The molecule has 18 heavy (non-hydrogen) atoms.